The van der Waals surface area contributed by atoms with Gasteiger partial charge in [-0.2, -0.15) is 0 Å². The maximum atomic E-state index is 12.5. The number of carbonyl (C=O) groups excluding carboxylic acids is 3. The van der Waals surface area contributed by atoms with Crippen LogP contribution in [0.2, 0.25) is 0 Å². The van der Waals surface area contributed by atoms with E-state index in [2.05, 4.69) is 5.32 Å². The van der Waals surface area contributed by atoms with Gasteiger partial charge in [0.15, 0.2) is 6.23 Å². The molecule has 12 nitrogen and oxygen atoms in total. The molecule has 2 aromatic carbocycles. The summed E-state index contributed by atoms with van der Waals surface area (Å²) in [5.41, 5.74) is 0.778. The van der Waals surface area contributed by atoms with E-state index in [1.165, 1.54) is 29.2 Å². The first-order chi connectivity index (χ1) is 18.9. The van der Waals surface area contributed by atoms with Crippen molar-refractivity contribution in [3.63, 3.8) is 0 Å². The highest BCUT2D eigenvalue weighted by atomic mass is 16.7. The van der Waals surface area contributed by atoms with Crippen LogP contribution in [0.15, 0.2) is 54.6 Å². The molecule has 1 aliphatic heterocycles. The summed E-state index contributed by atoms with van der Waals surface area (Å²) < 4.78 is 20.8. The van der Waals surface area contributed by atoms with E-state index in [9.17, 15) is 24.5 Å². The molecule has 0 aliphatic carbocycles. The van der Waals surface area contributed by atoms with Gasteiger partial charge >= 0.3 is 18.3 Å². The second-order valence-electron chi connectivity index (χ2n) is 8.88. The molecule has 1 saturated heterocycles. The summed E-state index contributed by atoms with van der Waals surface area (Å²) in [5, 5.41) is 13.3. The first-order valence-electron chi connectivity index (χ1n) is 12.9. The monoisotopic (exact) mass is 543 g/mol. The van der Waals surface area contributed by atoms with Crippen molar-refractivity contribution in [1.82, 2.24) is 10.2 Å². The van der Waals surface area contributed by atoms with Crippen molar-refractivity contribution in [3.8, 4) is 5.75 Å². The van der Waals surface area contributed by atoms with Gasteiger partial charge in [-0.1, -0.05) is 36.8 Å². The molecule has 210 valence electrons. The molecule has 1 aliphatic rings. The summed E-state index contributed by atoms with van der Waals surface area (Å²) >= 11 is 0. The van der Waals surface area contributed by atoms with Gasteiger partial charge in [0.1, 0.15) is 12.4 Å². The lowest BCUT2D eigenvalue weighted by atomic mass is 10.1. The Kier molecular flexibility index (Phi) is 11.8. The zero-order valence-electron chi connectivity index (χ0n) is 21.6. The van der Waals surface area contributed by atoms with Crippen LogP contribution in [0.3, 0.4) is 0 Å². The number of hydrogen-bond acceptors (Lipinski definition) is 9. The van der Waals surface area contributed by atoms with Crippen LogP contribution < -0.4 is 10.1 Å². The molecule has 1 unspecified atom stereocenters. The maximum Gasteiger partial charge on any atom is 0.513 e. The fourth-order valence-corrected chi connectivity index (χ4v) is 3.89. The fourth-order valence-electron chi connectivity index (χ4n) is 3.89. The number of non-ortho nitro benzene ring substituents is 1. The van der Waals surface area contributed by atoms with Crippen molar-refractivity contribution < 1.29 is 38.3 Å². The van der Waals surface area contributed by atoms with E-state index in [0.29, 0.717) is 32.4 Å². The fraction of sp³-hybridized carbons (Fsp3) is 0.444. The van der Waals surface area contributed by atoms with E-state index in [4.69, 9.17) is 18.9 Å². The third kappa shape index (κ3) is 10.5. The molecule has 1 N–H and O–H groups in total. The number of rotatable bonds is 12. The Hall–Kier alpha value is -4.35. The summed E-state index contributed by atoms with van der Waals surface area (Å²) in [6.07, 6.45) is 2.48. The van der Waals surface area contributed by atoms with Crippen molar-refractivity contribution in [2.75, 3.05) is 19.7 Å². The number of carbonyl (C=O) groups is 3. The Morgan fingerprint density at radius 2 is 1.69 bits per heavy atom. The Morgan fingerprint density at radius 3 is 2.44 bits per heavy atom. The molecule has 0 aromatic heterocycles. The highest BCUT2D eigenvalue weighted by molar-refractivity contribution is 5.70. The molecule has 1 heterocycles. The minimum absolute atomic E-state index is 0.103. The number of likely N-dealkylation sites (tertiary alicyclic amines) is 1. The van der Waals surface area contributed by atoms with Crippen LogP contribution in [0.5, 0.6) is 5.75 Å². The second-order valence-corrected chi connectivity index (χ2v) is 8.88. The number of nitrogens with one attached hydrogen (secondary N) is 1. The summed E-state index contributed by atoms with van der Waals surface area (Å²) in [6, 6.07) is 14.5. The van der Waals surface area contributed by atoms with E-state index in [1.54, 1.807) is 0 Å². The molecule has 0 radical (unpaired) electrons. The average molecular weight is 544 g/mol. The number of nitro groups is 1. The van der Waals surface area contributed by atoms with Crippen LogP contribution in [-0.4, -0.2) is 54.1 Å². The van der Waals surface area contributed by atoms with E-state index in [0.717, 1.165) is 31.2 Å². The first kappa shape index (κ1) is 29.2. The number of benzene rings is 2. The zero-order valence-corrected chi connectivity index (χ0v) is 21.6. The lowest BCUT2D eigenvalue weighted by Crippen LogP contribution is -2.47. The third-order valence-electron chi connectivity index (χ3n) is 5.94. The third-order valence-corrected chi connectivity index (χ3v) is 5.94. The number of alkyl carbamates (subject to hydrolysis) is 1. The molecular formula is C27H33N3O9. The molecule has 2 aromatic rings. The van der Waals surface area contributed by atoms with Gasteiger partial charge in [0.05, 0.1) is 11.5 Å². The summed E-state index contributed by atoms with van der Waals surface area (Å²) in [6.45, 7) is 1.20. The molecule has 0 spiro atoms. The van der Waals surface area contributed by atoms with Gasteiger partial charge < -0.3 is 24.3 Å². The topological polar surface area (TPSA) is 147 Å². The number of hydrogen-bond donors (Lipinski definition) is 1. The molecule has 39 heavy (non-hydrogen) atoms. The summed E-state index contributed by atoms with van der Waals surface area (Å²) in [7, 11) is 0. The summed E-state index contributed by atoms with van der Waals surface area (Å²) in [4.78, 5) is 48.1. The molecular weight excluding hydrogens is 510 g/mol. The normalized spacial score (nSPS) is 14.7. The van der Waals surface area contributed by atoms with Gasteiger partial charge in [-0.25, -0.2) is 14.4 Å². The van der Waals surface area contributed by atoms with Crippen molar-refractivity contribution in [1.29, 1.82) is 0 Å². The van der Waals surface area contributed by atoms with Crippen LogP contribution in [0.4, 0.5) is 20.1 Å². The lowest BCUT2D eigenvalue weighted by Gasteiger charge is -2.34. The number of nitrogens with zero attached hydrogens (tertiary/aromatic N) is 2. The molecule has 0 saturated carbocycles. The highest BCUT2D eigenvalue weighted by Crippen LogP contribution is 2.20. The van der Waals surface area contributed by atoms with Crippen molar-refractivity contribution in [3.05, 3.63) is 70.3 Å². The van der Waals surface area contributed by atoms with Crippen molar-refractivity contribution in [2.24, 2.45) is 0 Å². The van der Waals surface area contributed by atoms with Crippen LogP contribution in [0.1, 0.15) is 50.5 Å². The van der Waals surface area contributed by atoms with E-state index in [1.807, 2.05) is 30.3 Å². The van der Waals surface area contributed by atoms with Gasteiger partial charge in [-0.3, -0.25) is 15.0 Å². The van der Waals surface area contributed by atoms with Gasteiger partial charge in [-0.15, -0.1) is 0 Å². The number of ether oxygens (including phenoxy) is 4. The number of nitro benzene ring substituents is 1. The van der Waals surface area contributed by atoms with Crippen molar-refractivity contribution >= 4 is 24.0 Å². The minimum Gasteiger partial charge on any atom is -0.444 e. The Bertz CT molecular complexity index is 1080. The number of unbranched alkanes of at least 4 members (excludes halogenated alkanes) is 3. The second kappa shape index (κ2) is 15.8. The van der Waals surface area contributed by atoms with Gasteiger partial charge in [0.25, 0.3) is 5.69 Å². The van der Waals surface area contributed by atoms with E-state index < -0.39 is 29.5 Å². The van der Waals surface area contributed by atoms with Gasteiger partial charge in [0, 0.05) is 31.6 Å². The number of amides is 2. The van der Waals surface area contributed by atoms with Crippen LogP contribution in [-0.2, 0) is 20.8 Å². The predicted octanol–water partition coefficient (Wildman–Crippen LogP) is 5.55. The largest absolute Gasteiger partial charge is 0.513 e. The molecule has 3 rings (SSSR count). The molecule has 12 heteroatoms. The smallest absolute Gasteiger partial charge is 0.444 e. The Labute approximate surface area is 226 Å². The number of piperidine rings is 1. The zero-order chi connectivity index (χ0) is 27.9. The maximum absolute atomic E-state index is 12.5. The van der Waals surface area contributed by atoms with Gasteiger partial charge in [-0.05, 0) is 49.8 Å². The van der Waals surface area contributed by atoms with E-state index >= 15 is 0 Å². The minimum atomic E-state index is -0.881. The predicted molar refractivity (Wildman–Crippen MR) is 139 cm³/mol. The molecule has 1 fully saturated rings. The first-order valence-corrected chi connectivity index (χ1v) is 12.9. The van der Waals surface area contributed by atoms with E-state index in [-0.39, 0.29) is 24.7 Å². The molecule has 1 atom stereocenters. The molecule has 2 amide bonds. The van der Waals surface area contributed by atoms with Crippen LogP contribution in [0, 0.1) is 10.1 Å². The van der Waals surface area contributed by atoms with Crippen LogP contribution in [0.25, 0.3) is 0 Å². The summed E-state index contributed by atoms with van der Waals surface area (Å²) in [5.74, 6) is 0.156. The quantitative estimate of drug-likeness (QED) is 0.0909. The van der Waals surface area contributed by atoms with Crippen LogP contribution >= 0.6 is 0 Å². The standard InChI is InChI=1S/C27H33N3O9/c31-25(39-24-12-6-8-18-29(24)26(32)37-20-21-10-4-3-5-11-21)28-17-7-1-2-9-19-36-27(33)38-23-15-13-22(14-16-23)30(34)35/h3-5,10-11,13-16,24H,1-2,6-9,12,17-20H2,(H,28,31). The Balaban J connectivity index is 1.23. The SMILES string of the molecule is O=C(NCCCCCCOC(=O)Oc1ccc([N+](=O)[O-])cc1)OC1CCCCN1C(=O)OCc1ccccc1. The average Bonchev–Trinajstić information content (AvgIpc) is 2.94. The highest BCUT2D eigenvalue weighted by Gasteiger charge is 2.30. The molecule has 0 bridgehead atoms. The Morgan fingerprint density at radius 1 is 0.949 bits per heavy atom. The van der Waals surface area contributed by atoms with Crippen molar-refractivity contribution in [2.45, 2.75) is 57.8 Å². The lowest BCUT2D eigenvalue weighted by molar-refractivity contribution is -0.384. The van der Waals surface area contributed by atoms with Gasteiger partial charge in [0.2, 0.25) is 0 Å².